The Kier molecular flexibility index (Phi) is 5.87. The molecule has 1 saturated heterocycles. The number of nitrogens with zero attached hydrogens (tertiary/aromatic N) is 2. The molecule has 8 nitrogen and oxygen atoms in total. The van der Waals surface area contributed by atoms with E-state index in [4.69, 9.17) is 16.3 Å². The van der Waals surface area contributed by atoms with Gasteiger partial charge in [-0.15, -0.1) is 0 Å². The zero-order valence-electron chi connectivity index (χ0n) is 15.8. The molecule has 30 heavy (non-hydrogen) atoms. The molecule has 1 amide bonds. The maximum absolute atomic E-state index is 12.7. The van der Waals surface area contributed by atoms with Crippen LogP contribution in [0.3, 0.4) is 0 Å². The molecule has 1 fully saturated rings. The summed E-state index contributed by atoms with van der Waals surface area (Å²) in [6.45, 7) is 1.43. The maximum Gasteiger partial charge on any atom is 0.273 e. The summed E-state index contributed by atoms with van der Waals surface area (Å²) in [7, 11) is -3.57. The minimum Gasteiger partial charge on any atom is -0.379 e. The molecule has 156 valence electrons. The number of carbonyl (C=O) groups is 1. The van der Waals surface area contributed by atoms with Gasteiger partial charge in [-0.25, -0.2) is 8.42 Å². The van der Waals surface area contributed by atoms with Gasteiger partial charge in [0.2, 0.25) is 10.0 Å². The highest BCUT2D eigenvalue weighted by Gasteiger charge is 2.26. The standard InChI is InChI=1S/C20H19ClN4O4S/c21-15-3-1-14(2-4-15)18-13-19(24-23-18)20(26)22-16-5-7-17(8-6-16)30(27,28)25-9-11-29-12-10-25/h1-8,13H,9-12H2,(H,22,26)(H,23,24). The van der Waals surface area contributed by atoms with E-state index >= 15 is 0 Å². The van der Waals surface area contributed by atoms with Gasteiger partial charge in [0, 0.05) is 29.4 Å². The summed E-state index contributed by atoms with van der Waals surface area (Å²) in [6, 6.07) is 14.8. The summed E-state index contributed by atoms with van der Waals surface area (Å²) in [4.78, 5) is 12.7. The van der Waals surface area contributed by atoms with Crippen molar-refractivity contribution in [3.05, 3.63) is 65.3 Å². The van der Waals surface area contributed by atoms with Crippen molar-refractivity contribution >= 4 is 33.2 Å². The van der Waals surface area contributed by atoms with E-state index in [1.165, 1.54) is 16.4 Å². The number of carbonyl (C=O) groups excluding carboxylic acids is 1. The molecular weight excluding hydrogens is 428 g/mol. The minimum atomic E-state index is -3.57. The van der Waals surface area contributed by atoms with E-state index in [2.05, 4.69) is 15.5 Å². The molecule has 1 aliphatic rings. The number of ether oxygens (including phenoxy) is 1. The van der Waals surface area contributed by atoms with Crippen LogP contribution in [0.4, 0.5) is 5.69 Å². The summed E-state index contributed by atoms with van der Waals surface area (Å²) in [6.07, 6.45) is 0. The fourth-order valence-electron chi connectivity index (χ4n) is 3.05. The molecular formula is C20H19ClN4O4S. The van der Waals surface area contributed by atoms with Crippen LogP contribution in [-0.4, -0.2) is 55.1 Å². The van der Waals surface area contributed by atoms with Crippen LogP contribution in [0, 0.1) is 0 Å². The number of nitrogens with one attached hydrogen (secondary N) is 2. The molecule has 0 aliphatic carbocycles. The largest absolute Gasteiger partial charge is 0.379 e. The van der Waals surface area contributed by atoms with Crippen molar-refractivity contribution in [2.24, 2.45) is 0 Å². The molecule has 2 N–H and O–H groups in total. The highest BCUT2D eigenvalue weighted by Crippen LogP contribution is 2.22. The van der Waals surface area contributed by atoms with Gasteiger partial charge < -0.3 is 10.1 Å². The Morgan fingerprint density at radius 1 is 1.07 bits per heavy atom. The summed E-state index contributed by atoms with van der Waals surface area (Å²) in [5, 5.41) is 10.2. The molecule has 0 spiro atoms. The Morgan fingerprint density at radius 2 is 1.73 bits per heavy atom. The number of benzene rings is 2. The first-order valence-corrected chi connectivity index (χ1v) is 11.1. The second kappa shape index (κ2) is 8.57. The average molecular weight is 447 g/mol. The number of sulfonamides is 1. The Hall–Kier alpha value is -2.72. The topological polar surface area (TPSA) is 104 Å². The third-order valence-corrected chi connectivity index (χ3v) is 6.85. The lowest BCUT2D eigenvalue weighted by Gasteiger charge is -2.26. The molecule has 1 aromatic heterocycles. The Morgan fingerprint density at radius 3 is 2.40 bits per heavy atom. The van der Waals surface area contributed by atoms with Crippen LogP contribution in [0.5, 0.6) is 0 Å². The van der Waals surface area contributed by atoms with E-state index in [0.29, 0.717) is 42.7 Å². The van der Waals surface area contributed by atoms with Crippen LogP contribution < -0.4 is 5.32 Å². The number of aromatic nitrogens is 2. The van der Waals surface area contributed by atoms with Crippen molar-refractivity contribution < 1.29 is 17.9 Å². The summed E-state index contributed by atoms with van der Waals surface area (Å²) < 4.78 is 31.9. The van der Waals surface area contributed by atoms with E-state index in [-0.39, 0.29) is 16.5 Å². The van der Waals surface area contributed by atoms with Gasteiger partial charge >= 0.3 is 0 Å². The summed E-state index contributed by atoms with van der Waals surface area (Å²) >= 11 is 5.89. The van der Waals surface area contributed by atoms with Crippen LogP contribution in [0.25, 0.3) is 11.3 Å². The lowest BCUT2D eigenvalue weighted by Crippen LogP contribution is -2.40. The molecule has 3 aromatic rings. The molecule has 2 heterocycles. The van der Waals surface area contributed by atoms with Gasteiger partial charge in [-0.1, -0.05) is 23.7 Å². The first-order valence-electron chi connectivity index (χ1n) is 9.24. The van der Waals surface area contributed by atoms with E-state index in [1.54, 1.807) is 30.3 Å². The molecule has 0 radical (unpaired) electrons. The van der Waals surface area contributed by atoms with E-state index in [1.807, 2.05) is 12.1 Å². The van der Waals surface area contributed by atoms with Gasteiger partial charge in [-0.05, 0) is 42.5 Å². The Balaban J connectivity index is 1.44. The van der Waals surface area contributed by atoms with Crippen molar-refractivity contribution in [2.45, 2.75) is 4.90 Å². The second-order valence-corrected chi connectivity index (χ2v) is 9.04. The van der Waals surface area contributed by atoms with Crippen LogP contribution in [0.1, 0.15) is 10.5 Å². The lowest BCUT2D eigenvalue weighted by molar-refractivity contribution is 0.0730. The molecule has 1 aliphatic heterocycles. The van der Waals surface area contributed by atoms with E-state index in [0.717, 1.165) is 5.56 Å². The predicted octanol–water partition coefficient (Wildman–Crippen LogP) is 3.00. The molecule has 0 atom stereocenters. The third kappa shape index (κ3) is 4.39. The van der Waals surface area contributed by atoms with Crippen LogP contribution in [-0.2, 0) is 14.8 Å². The number of amides is 1. The molecule has 10 heteroatoms. The number of aromatic amines is 1. The number of morpholine rings is 1. The fraction of sp³-hybridized carbons (Fsp3) is 0.200. The van der Waals surface area contributed by atoms with Gasteiger partial charge in [0.1, 0.15) is 5.69 Å². The zero-order valence-corrected chi connectivity index (χ0v) is 17.4. The SMILES string of the molecule is O=C(Nc1ccc(S(=O)(=O)N2CCOCC2)cc1)c1cc(-c2ccc(Cl)cc2)n[nH]1. The van der Waals surface area contributed by atoms with Gasteiger partial charge in [-0.2, -0.15) is 9.40 Å². The fourth-order valence-corrected chi connectivity index (χ4v) is 4.59. The third-order valence-electron chi connectivity index (χ3n) is 4.68. The van der Waals surface area contributed by atoms with Gasteiger partial charge in [-0.3, -0.25) is 9.89 Å². The number of H-pyrrole nitrogens is 1. The maximum atomic E-state index is 12.7. The van der Waals surface area contributed by atoms with Gasteiger partial charge in [0.25, 0.3) is 5.91 Å². The molecule has 0 unspecified atom stereocenters. The summed E-state index contributed by atoms with van der Waals surface area (Å²) in [5.74, 6) is -0.383. The van der Waals surface area contributed by atoms with Crippen molar-refractivity contribution in [1.29, 1.82) is 0 Å². The molecule has 0 bridgehead atoms. The van der Waals surface area contributed by atoms with Crippen molar-refractivity contribution in [3.8, 4) is 11.3 Å². The number of halogens is 1. The summed E-state index contributed by atoms with van der Waals surface area (Å²) in [5.41, 5.74) is 2.20. The first-order chi connectivity index (χ1) is 14.4. The minimum absolute atomic E-state index is 0.175. The lowest BCUT2D eigenvalue weighted by atomic mass is 10.1. The van der Waals surface area contributed by atoms with Crippen molar-refractivity contribution in [2.75, 3.05) is 31.6 Å². The smallest absolute Gasteiger partial charge is 0.273 e. The molecule has 4 rings (SSSR count). The van der Waals surface area contributed by atoms with Crippen LogP contribution in [0.2, 0.25) is 5.02 Å². The van der Waals surface area contributed by atoms with E-state index < -0.39 is 10.0 Å². The second-order valence-electron chi connectivity index (χ2n) is 6.67. The Bertz CT molecular complexity index is 1140. The number of rotatable bonds is 5. The van der Waals surface area contributed by atoms with Crippen LogP contribution in [0.15, 0.2) is 59.5 Å². The average Bonchev–Trinajstić information content (AvgIpc) is 3.26. The first kappa shape index (κ1) is 20.5. The van der Waals surface area contributed by atoms with Gasteiger partial charge in [0.05, 0.1) is 23.8 Å². The highest BCUT2D eigenvalue weighted by molar-refractivity contribution is 7.89. The van der Waals surface area contributed by atoms with Crippen LogP contribution >= 0.6 is 11.6 Å². The molecule has 2 aromatic carbocycles. The highest BCUT2D eigenvalue weighted by atomic mass is 35.5. The van der Waals surface area contributed by atoms with E-state index in [9.17, 15) is 13.2 Å². The normalized spacial score (nSPS) is 15.1. The van der Waals surface area contributed by atoms with Gasteiger partial charge in [0.15, 0.2) is 0 Å². The molecule has 0 saturated carbocycles. The number of hydrogen-bond acceptors (Lipinski definition) is 5. The van der Waals surface area contributed by atoms with Crippen molar-refractivity contribution in [1.82, 2.24) is 14.5 Å². The quantitative estimate of drug-likeness (QED) is 0.626. The van der Waals surface area contributed by atoms with Crippen molar-refractivity contribution in [3.63, 3.8) is 0 Å². The zero-order chi connectivity index (χ0) is 21.1. The predicted molar refractivity (Wildman–Crippen MR) is 113 cm³/mol. The number of hydrogen-bond donors (Lipinski definition) is 2. The number of anilines is 1. The Labute approximate surface area is 178 Å². The monoisotopic (exact) mass is 446 g/mol.